The van der Waals surface area contributed by atoms with E-state index in [9.17, 15) is 0 Å². The van der Waals surface area contributed by atoms with Gasteiger partial charge in [0, 0.05) is 49.2 Å². The standard InChI is InChI=1S/C21H28N4/c1-17-4-6-19(7-5-17)24-13-9-20(10-14-24)25-12-2-3-18(15-25)21-8-11-22-16-23-21/h4-8,11,16,18,20H,2-3,9-10,12-15H2,1H3/t18-/m0/s1. The van der Waals surface area contributed by atoms with Gasteiger partial charge in [0.15, 0.2) is 0 Å². The van der Waals surface area contributed by atoms with E-state index in [-0.39, 0.29) is 0 Å². The lowest BCUT2D eigenvalue weighted by Gasteiger charge is -2.42. The summed E-state index contributed by atoms with van der Waals surface area (Å²) < 4.78 is 0. The SMILES string of the molecule is Cc1ccc(N2CCC(N3CCC[C@H](c4ccncn4)C3)CC2)cc1. The highest BCUT2D eigenvalue weighted by molar-refractivity contribution is 5.47. The molecule has 0 amide bonds. The molecule has 2 aliphatic rings. The normalized spacial score (nSPS) is 22.9. The predicted octanol–water partition coefficient (Wildman–Crippen LogP) is 3.63. The van der Waals surface area contributed by atoms with Crippen molar-refractivity contribution < 1.29 is 0 Å². The van der Waals surface area contributed by atoms with Gasteiger partial charge in [-0.05, 0) is 57.4 Å². The Balaban J connectivity index is 1.35. The molecule has 4 rings (SSSR count). The first-order valence-electron chi connectivity index (χ1n) is 9.61. The number of aryl methyl sites for hydroxylation is 1. The van der Waals surface area contributed by atoms with Gasteiger partial charge < -0.3 is 4.90 Å². The van der Waals surface area contributed by atoms with Crippen LogP contribution in [0.3, 0.4) is 0 Å². The molecule has 2 aromatic rings. The lowest BCUT2D eigenvalue weighted by atomic mass is 9.91. The molecule has 0 bridgehead atoms. The first-order chi connectivity index (χ1) is 12.3. The second-order valence-corrected chi connectivity index (χ2v) is 7.52. The van der Waals surface area contributed by atoms with Gasteiger partial charge in [-0.1, -0.05) is 17.7 Å². The summed E-state index contributed by atoms with van der Waals surface area (Å²) >= 11 is 0. The van der Waals surface area contributed by atoms with E-state index in [0.29, 0.717) is 5.92 Å². The average molecular weight is 336 g/mol. The summed E-state index contributed by atoms with van der Waals surface area (Å²) in [6, 6.07) is 11.8. The molecule has 1 atom stereocenters. The minimum atomic E-state index is 0.576. The Hall–Kier alpha value is -1.94. The van der Waals surface area contributed by atoms with E-state index in [1.807, 2.05) is 6.20 Å². The van der Waals surface area contributed by atoms with Crippen LogP contribution in [0.1, 0.15) is 42.9 Å². The van der Waals surface area contributed by atoms with E-state index in [1.54, 1.807) is 6.33 Å². The fraction of sp³-hybridized carbons (Fsp3) is 0.524. The van der Waals surface area contributed by atoms with Crippen LogP contribution in [0.5, 0.6) is 0 Å². The molecule has 0 unspecified atom stereocenters. The van der Waals surface area contributed by atoms with Gasteiger partial charge in [-0.15, -0.1) is 0 Å². The third-order valence-corrected chi connectivity index (χ3v) is 5.86. The smallest absolute Gasteiger partial charge is 0.115 e. The van der Waals surface area contributed by atoms with Crippen molar-refractivity contribution in [3.05, 3.63) is 54.1 Å². The number of benzene rings is 1. The molecule has 2 fully saturated rings. The van der Waals surface area contributed by atoms with E-state index in [4.69, 9.17) is 0 Å². The highest BCUT2D eigenvalue weighted by Crippen LogP contribution is 2.30. The molecule has 0 saturated carbocycles. The number of aromatic nitrogens is 2. The van der Waals surface area contributed by atoms with Crippen LogP contribution in [0.15, 0.2) is 42.9 Å². The van der Waals surface area contributed by atoms with E-state index in [1.165, 1.54) is 62.3 Å². The van der Waals surface area contributed by atoms with Crippen LogP contribution in [0, 0.1) is 6.92 Å². The highest BCUT2D eigenvalue weighted by Gasteiger charge is 2.29. The lowest BCUT2D eigenvalue weighted by Crippen LogP contribution is -2.48. The summed E-state index contributed by atoms with van der Waals surface area (Å²) in [7, 11) is 0. The molecule has 3 heterocycles. The zero-order chi connectivity index (χ0) is 17.1. The third kappa shape index (κ3) is 3.84. The summed E-state index contributed by atoms with van der Waals surface area (Å²) in [5.74, 6) is 0.576. The van der Waals surface area contributed by atoms with Crippen molar-refractivity contribution >= 4 is 5.69 Å². The summed E-state index contributed by atoms with van der Waals surface area (Å²) in [5.41, 5.74) is 3.93. The fourth-order valence-electron chi connectivity index (χ4n) is 4.37. The number of hydrogen-bond acceptors (Lipinski definition) is 4. The number of likely N-dealkylation sites (tertiary alicyclic amines) is 1. The monoisotopic (exact) mass is 336 g/mol. The van der Waals surface area contributed by atoms with Gasteiger partial charge in [-0.25, -0.2) is 9.97 Å². The average Bonchev–Trinajstić information content (AvgIpc) is 2.70. The Bertz CT molecular complexity index is 662. The minimum absolute atomic E-state index is 0.576. The molecule has 0 spiro atoms. The van der Waals surface area contributed by atoms with Crippen molar-refractivity contribution in [1.29, 1.82) is 0 Å². The van der Waals surface area contributed by atoms with Gasteiger partial charge in [-0.2, -0.15) is 0 Å². The molecule has 4 nitrogen and oxygen atoms in total. The summed E-state index contributed by atoms with van der Waals surface area (Å²) in [4.78, 5) is 13.8. The van der Waals surface area contributed by atoms with Crippen molar-refractivity contribution in [2.24, 2.45) is 0 Å². The molecular formula is C21H28N4. The van der Waals surface area contributed by atoms with Crippen LogP contribution in [-0.4, -0.2) is 47.1 Å². The predicted molar refractivity (Wildman–Crippen MR) is 102 cm³/mol. The number of anilines is 1. The van der Waals surface area contributed by atoms with Crippen LogP contribution >= 0.6 is 0 Å². The van der Waals surface area contributed by atoms with E-state index >= 15 is 0 Å². The second-order valence-electron chi connectivity index (χ2n) is 7.52. The van der Waals surface area contributed by atoms with Crippen LogP contribution in [0.25, 0.3) is 0 Å². The topological polar surface area (TPSA) is 32.3 Å². The highest BCUT2D eigenvalue weighted by atomic mass is 15.2. The van der Waals surface area contributed by atoms with E-state index < -0.39 is 0 Å². The lowest BCUT2D eigenvalue weighted by molar-refractivity contribution is 0.127. The van der Waals surface area contributed by atoms with Crippen LogP contribution in [-0.2, 0) is 0 Å². The molecule has 1 aromatic carbocycles. The number of rotatable bonds is 3. The largest absolute Gasteiger partial charge is 0.371 e. The molecule has 0 N–H and O–H groups in total. The minimum Gasteiger partial charge on any atom is -0.371 e. The van der Waals surface area contributed by atoms with Gasteiger partial charge in [0.25, 0.3) is 0 Å². The van der Waals surface area contributed by atoms with Crippen molar-refractivity contribution in [3.8, 4) is 0 Å². The quantitative estimate of drug-likeness (QED) is 0.857. The number of nitrogens with zero attached hydrogens (tertiary/aromatic N) is 4. The third-order valence-electron chi connectivity index (χ3n) is 5.86. The zero-order valence-corrected chi connectivity index (χ0v) is 15.1. The molecule has 25 heavy (non-hydrogen) atoms. The Labute approximate surface area is 150 Å². The molecule has 0 radical (unpaired) electrons. The molecular weight excluding hydrogens is 308 g/mol. The summed E-state index contributed by atoms with van der Waals surface area (Å²) in [6.07, 6.45) is 8.65. The van der Waals surface area contributed by atoms with Gasteiger partial charge in [0.1, 0.15) is 6.33 Å². The number of piperidine rings is 2. The molecule has 132 valence electrons. The van der Waals surface area contributed by atoms with Crippen molar-refractivity contribution in [1.82, 2.24) is 14.9 Å². The Kier molecular flexibility index (Phi) is 4.97. The van der Waals surface area contributed by atoms with Crippen LogP contribution in [0.2, 0.25) is 0 Å². The fourth-order valence-corrected chi connectivity index (χ4v) is 4.37. The second kappa shape index (κ2) is 7.52. The molecule has 1 aromatic heterocycles. The Morgan fingerprint density at radius 2 is 1.76 bits per heavy atom. The van der Waals surface area contributed by atoms with Gasteiger partial charge in [-0.3, -0.25) is 4.90 Å². The molecule has 2 aliphatic heterocycles. The van der Waals surface area contributed by atoms with Crippen LogP contribution < -0.4 is 4.90 Å². The summed E-state index contributed by atoms with van der Waals surface area (Å²) in [5, 5.41) is 0. The maximum Gasteiger partial charge on any atom is 0.115 e. The van der Waals surface area contributed by atoms with E-state index in [2.05, 4.69) is 57.0 Å². The Morgan fingerprint density at radius 3 is 2.48 bits per heavy atom. The number of hydrogen-bond donors (Lipinski definition) is 0. The Morgan fingerprint density at radius 1 is 0.960 bits per heavy atom. The van der Waals surface area contributed by atoms with Gasteiger partial charge in [0.2, 0.25) is 0 Å². The van der Waals surface area contributed by atoms with Crippen molar-refractivity contribution in [2.75, 3.05) is 31.1 Å². The van der Waals surface area contributed by atoms with Crippen LogP contribution in [0.4, 0.5) is 5.69 Å². The first-order valence-corrected chi connectivity index (χ1v) is 9.61. The zero-order valence-electron chi connectivity index (χ0n) is 15.1. The van der Waals surface area contributed by atoms with Gasteiger partial charge in [0.05, 0.1) is 0 Å². The molecule has 0 aliphatic carbocycles. The molecule has 2 saturated heterocycles. The first kappa shape index (κ1) is 16.5. The maximum atomic E-state index is 4.49. The van der Waals surface area contributed by atoms with Crippen molar-refractivity contribution in [2.45, 2.75) is 44.6 Å². The maximum absolute atomic E-state index is 4.49. The van der Waals surface area contributed by atoms with E-state index in [0.717, 1.165) is 12.6 Å². The van der Waals surface area contributed by atoms with Crippen molar-refractivity contribution in [3.63, 3.8) is 0 Å². The van der Waals surface area contributed by atoms with Gasteiger partial charge >= 0.3 is 0 Å². The molecule has 4 heteroatoms. The summed E-state index contributed by atoms with van der Waals surface area (Å²) in [6.45, 7) is 6.90.